The molecule has 0 amide bonds. The van der Waals surface area contributed by atoms with Crippen LogP contribution >= 0.6 is 0 Å². The van der Waals surface area contributed by atoms with Crippen LogP contribution in [0.1, 0.15) is 108 Å². The summed E-state index contributed by atoms with van der Waals surface area (Å²) in [6.07, 6.45) is 0.551. The Balaban J connectivity index is 0.00000241. The Morgan fingerprint density at radius 1 is 0.632 bits per heavy atom. The fraction of sp³-hybridized carbons (Fsp3) is 0.548. The molecular weight excluding hydrogens is 699 g/mol. The predicted octanol–water partition coefficient (Wildman–Crippen LogP) is 2.02. The van der Waals surface area contributed by atoms with Crippen LogP contribution in [0.5, 0.6) is 0 Å². The van der Waals surface area contributed by atoms with Gasteiger partial charge in [0, 0.05) is 0 Å². The minimum atomic E-state index is 0. The van der Waals surface area contributed by atoms with Crippen LogP contribution < -0.4 is 34.0 Å². The number of aliphatic imine (C=N–C) groups is 2. The van der Waals surface area contributed by atoms with Crippen LogP contribution in [0.2, 0.25) is 0 Å². The van der Waals surface area contributed by atoms with Crippen LogP contribution in [0, 0.1) is 11.8 Å². The molecule has 4 rings (SSSR count). The normalized spacial score (nSPS) is 22.3. The first-order valence-electron chi connectivity index (χ1n) is 13.3. The monoisotopic (exact) mass is 738 g/mol. The smallest absolute Gasteiger partial charge is 1.00 e. The first-order valence-corrected chi connectivity index (χ1v) is 13.3. The number of hydrogen-bond acceptors (Lipinski definition) is 4. The Morgan fingerprint density at radius 3 is 1.32 bits per heavy atom. The molecule has 0 saturated carbocycles. The number of rotatable bonds is 8. The molecule has 0 fully saturated rings. The molecule has 0 N–H and O–H groups in total. The van der Waals surface area contributed by atoms with E-state index in [0.717, 1.165) is 11.8 Å². The van der Waals surface area contributed by atoms with Crippen molar-refractivity contribution in [3.05, 3.63) is 70.8 Å². The maximum absolute atomic E-state index is 6.43. The Bertz CT molecular complexity index is 1020. The molecule has 0 bridgehead atoms. The summed E-state index contributed by atoms with van der Waals surface area (Å²) < 4.78 is 12.9. The predicted molar refractivity (Wildman–Crippen MR) is 145 cm³/mol. The van der Waals surface area contributed by atoms with Crippen LogP contribution in [0.4, 0.5) is 0 Å². The summed E-state index contributed by atoms with van der Waals surface area (Å²) in [6, 6.07) is 17.6. The van der Waals surface area contributed by atoms with Gasteiger partial charge < -0.3 is 43.4 Å². The Labute approximate surface area is 264 Å². The summed E-state index contributed by atoms with van der Waals surface area (Å²) in [5.74, 6) is 3.15. The summed E-state index contributed by atoms with van der Waals surface area (Å²) in [7, 11) is 0. The van der Waals surface area contributed by atoms with Crippen molar-refractivity contribution >= 4 is 11.8 Å². The van der Waals surface area contributed by atoms with Gasteiger partial charge in [0.1, 0.15) is 24.3 Å². The molecule has 4 atom stereocenters. The molecule has 2 unspecified atom stereocenters. The van der Waals surface area contributed by atoms with E-state index in [4.69, 9.17) is 19.5 Å². The van der Waals surface area contributed by atoms with E-state index >= 15 is 0 Å². The fourth-order valence-corrected chi connectivity index (χ4v) is 5.00. The molecule has 4 nitrogen and oxygen atoms in total. The summed E-state index contributed by atoms with van der Waals surface area (Å²) in [6.45, 7) is 17.7. The SMILES string of the molecule is CC(C)c1cccc([C@H]2N=C(CC3=N[C@H](c4cccc(C(C)C)c4)C(C(C)C)O3)OC2C(C)C)c1.[Br-].[Br-].[Pd+2]. The van der Waals surface area contributed by atoms with Crippen LogP contribution in [-0.2, 0) is 29.9 Å². The van der Waals surface area contributed by atoms with Crippen LogP contribution in [0.25, 0.3) is 0 Å². The van der Waals surface area contributed by atoms with Gasteiger partial charge >= 0.3 is 20.4 Å². The molecule has 2 aliphatic rings. The molecule has 0 saturated heterocycles. The maximum atomic E-state index is 6.43. The molecule has 212 valence electrons. The van der Waals surface area contributed by atoms with Crippen molar-refractivity contribution in [2.45, 2.75) is 97.9 Å². The van der Waals surface area contributed by atoms with Gasteiger partial charge in [0.25, 0.3) is 0 Å². The molecule has 2 heterocycles. The summed E-state index contributed by atoms with van der Waals surface area (Å²) in [4.78, 5) is 10.1. The van der Waals surface area contributed by atoms with Gasteiger partial charge in [-0.2, -0.15) is 0 Å². The van der Waals surface area contributed by atoms with E-state index < -0.39 is 0 Å². The topological polar surface area (TPSA) is 43.2 Å². The second-order valence-electron chi connectivity index (χ2n) is 11.4. The van der Waals surface area contributed by atoms with Crippen LogP contribution in [-0.4, -0.2) is 24.0 Å². The second-order valence-corrected chi connectivity index (χ2v) is 11.4. The summed E-state index contributed by atoms with van der Waals surface area (Å²) >= 11 is 0. The third kappa shape index (κ3) is 8.03. The zero-order valence-corrected chi connectivity index (χ0v) is 28.5. The van der Waals surface area contributed by atoms with E-state index in [2.05, 4.69) is 104 Å². The first kappa shape index (κ1) is 35.0. The van der Waals surface area contributed by atoms with Gasteiger partial charge in [-0.25, -0.2) is 9.98 Å². The molecule has 2 aliphatic heterocycles. The van der Waals surface area contributed by atoms with Gasteiger partial charge in [0.2, 0.25) is 0 Å². The van der Waals surface area contributed by atoms with Gasteiger partial charge in [-0.1, -0.05) is 104 Å². The van der Waals surface area contributed by atoms with Crippen molar-refractivity contribution in [1.82, 2.24) is 0 Å². The average molecular weight is 741 g/mol. The van der Waals surface area contributed by atoms with Crippen molar-refractivity contribution in [3.8, 4) is 0 Å². The molecule has 2 aromatic rings. The molecule has 7 heteroatoms. The third-order valence-corrected chi connectivity index (χ3v) is 7.19. The van der Waals surface area contributed by atoms with E-state index in [-0.39, 0.29) is 78.7 Å². The largest absolute Gasteiger partial charge is 2.00 e. The number of benzene rings is 2. The van der Waals surface area contributed by atoms with Crippen molar-refractivity contribution in [2.75, 3.05) is 0 Å². The van der Waals surface area contributed by atoms with E-state index in [1.807, 2.05) is 0 Å². The zero-order valence-electron chi connectivity index (χ0n) is 23.7. The molecule has 0 aliphatic carbocycles. The summed E-state index contributed by atoms with van der Waals surface area (Å²) in [5.41, 5.74) is 5.12. The fourth-order valence-electron chi connectivity index (χ4n) is 5.00. The quantitative estimate of drug-likeness (QED) is 0.390. The summed E-state index contributed by atoms with van der Waals surface area (Å²) in [5, 5.41) is 0. The molecular formula is C31H42Br2N2O2Pd. The Morgan fingerprint density at radius 2 is 1.00 bits per heavy atom. The molecule has 2 aromatic carbocycles. The average Bonchev–Trinajstić information content (AvgIpc) is 3.44. The van der Waals surface area contributed by atoms with E-state index in [1.165, 1.54) is 22.3 Å². The van der Waals surface area contributed by atoms with Gasteiger partial charge in [-0.15, -0.1) is 0 Å². The molecule has 0 spiro atoms. The second kappa shape index (κ2) is 15.1. The van der Waals surface area contributed by atoms with Crippen molar-refractivity contribution < 1.29 is 63.9 Å². The third-order valence-electron chi connectivity index (χ3n) is 7.19. The van der Waals surface area contributed by atoms with Gasteiger partial charge in [0.15, 0.2) is 11.8 Å². The number of halogens is 2. The van der Waals surface area contributed by atoms with Gasteiger partial charge in [0.05, 0.1) is 6.42 Å². The number of hydrogen-bond donors (Lipinski definition) is 0. The molecule has 0 aromatic heterocycles. The van der Waals surface area contributed by atoms with Crippen molar-refractivity contribution in [3.63, 3.8) is 0 Å². The van der Waals surface area contributed by atoms with Gasteiger partial charge in [-0.3, -0.25) is 0 Å². The van der Waals surface area contributed by atoms with E-state index in [9.17, 15) is 0 Å². The Kier molecular flexibility index (Phi) is 13.9. The number of nitrogens with zero attached hydrogens (tertiary/aromatic N) is 2. The maximum Gasteiger partial charge on any atom is 2.00 e. The zero-order chi connectivity index (χ0) is 25.3. The van der Waals surface area contributed by atoms with Crippen LogP contribution in [0.3, 0.4) is 0 Å². The van der Waals surface area contributed by atoms with E-state index in [1.54, 1.807) is 0 Å². The van der Waals surface area contributed by atoms with Crippen molar-refractivity contribution in [1.29, 1.82) is 0 Å². The Hall–Kier alpha value is -0.998. The van der Waals surface area contributed by atoms with E-state index in [0.29, 0.717) is 30.1 Å². The van der Waals surface area contributed by atoms with Gasteiger partial charge in [-0.05, 0) is 45.9 Å². The standard InChI is InChI=1S/C31H42N2O2.2BrH.Pd/c1-18(2)22-11-9-13-24(15-22)28-30(20(5)6)34-26(32-28)17-27-33-29(31(35-27)21(7)8)25-14-10-12-23(16-25)19(3)4;;;/h9-16,18-21,28-31H,17H2,1-8H3;2*1H;/q;;;+2/p-2/t28-,29-,30?,31?;;;/m1.../s1. The minimum absolute atomic E-state index is 0. The van der Waals surface area contributed by atoms with Crippen molar-refractivity contribution in [2.24, 2.45) is 21.8 Å². The minimum Gasteiger partial charge on any atom is -1.00 e. The number of ether oxygens (including phenoxy) is 2. The molecule has 38 heavy (non-hydrogen) atoms. The van der Waals surface area contributed by atoms with Crippen LogP contribution in [0.15, 0.2) is 58.5 Å². The first-order chi connectivity index (χ1) is 16.6. The molecule has 0 radical (unpaired) electrons.